The van der Waals surface area contributed by atoms with E-state index in [-0.39, 0.29) is 35.9 Å². The van der Waals surface area contributed by atoms with Crippen LogP contribution in [0, 0.1) is 16.7 Å². The number of rotatable bonds is 5. The molecule has 168 valence electrons. The third kappa shape index (κ3) is 4.11. The van der Waals surface area contributed by atoms with Crippen molar-refractivity contribution in [2.24, 2.45) is 16.7 Å². The van der Waals surface area contributed by atoms with Crippen molar-refractivity contribution in [1.29, 1.82) is 0 Å². The standard InChI is InChI=1S/C22H32O8/c1-21(2)5-10-15(17(28)18(29)16(27)14(26)9-23)11-6-22(3,4)8-13(25)20(11)30-19(10)12(24)7-21/h14-18,23,26-29H,5-9H2,1-4H3/t14-,16+,17-,18+/m1/s1. The summed E-state index contributed by atoms with van der Waals surface area (Å²) in [6, 6.07) is 0. The van der Waals surface area contributed by atoms with Crippen LogP contribution >= 0.6 is 0 Å². The van der Waals surface area contributed by atoms with Gasteiger partial charge >= 0.3 is 0 Å². The van der Waals surface area contributed by atoms with Crippen LogP contribution in [-0.4, -0.2) is 68.1 Å². The van der Waals surface area contributed by atoms with Crippen LogP contribution in [0.4, 0.5) is 0 Å². The maximum absolute atomic E-state index is 12.8. The van der Waals surface area contributed by atoms with E-state index in [0.29, 0.717) is 24.0 Å². The van der Waals surface area contributed by atoms with Crippen LogP contribution in [0.2, 0.25) is 0 Å². The molecule has 0 bridgehead atoms. The summed E-state index contributed by atoms with van der Waals surface area (Å²) in [4.78, 5) is 25.6. The Labute approximate surface area is 175 Å². The predicted octanol–water partition coefficient (Wildman–Crippen LogP) is 0.355. The highest BCUT2D eigenvalue weighted by Crippen LogP contribution is 2.52. The molecule has 4 atom stereocenters. The van der Waals surface area contributed by atoms with E-state index in [1.807, 2.05) is 27.7 Å². The Hall–Kier alpha value is -1.58. The van der Waals surface area contributed by atoms with Gasteiger partial charge in [0.2, 0.25) is 0 Å². The van der Waals surface area contributed by atoms with E-state index in [0.717, 1.165) is 0 Å². The Bertz CT molecular complexity index is 754. The molecular weight excluding hydrogens is 392 g/mol. The van der Waals surface area contributed by atoms with Gasteiger partial charge in [0, 0.05) is 18.8 Å². The molecule has 0 aromatic carbocycles. The van der Waals surface area contributed by atoms with Gasteiger partial charge in [-0.3, -0.25) is 9.59 Å². The first-order chi connectivity index (χ1) is 13.8. The molecule has 0 saturated heterocycles. The Morgan fingerprint density at radius 1 is 0.833 bits per heavy atom. The number of Topliss-reactive ketones (excluding diaryl/α,β-unsaturated/α-hetero) is 2. The van der Waals surface area contributed by atoms with Gasteiger partial charge in [-0.2, -0.15) is 0 Å². The van der Waals surface area contributed by atoms with Gasteiger partial charge in [0.1, 0.15) is 18.3 Å². The fourth-order valence-corrected chi connectivity index (χ4v) is 4.91. The van der Waals surface area contributed by atoms with E-state index in [1.54, 1.807) is 0 Å². The second kappa shape index (κ2) is 7.84. The molecule has 3 rings (SSSR count). The van der Waals surface area contributed by atoms with Gasteiger partial charge in [-0.25, -0.2) is 0 Å². The van der Waals surface area contributed by atoms with Crippen molar-refractivity contribution in [3.05, 3.63) is 22.7 Å². The molecule has 1 heterocycles. The number of ketones is 2. The zero-order chi connectivity index (χ0) is 22.6. The summed E-state index contributed by atoms with van der Waals surface area (Å²) in [5.41, 5.74) is 0.186. The molecule has 0 fully saturated rings. The SMILES string of the molecule is CC1(C)CC(=O)C2=C(C1)C([C@@H](O)[C@@H](O)[C@@H](O)[C@H](O)CO)C1=C(O2)C(=O)CC(C)(C)C1. The van der Waals surface area contributed by atoms with Crippen molar-refractivity contribution in [3.8, 4) is 0 Å². The molecule has 5 N–H and O–H groups in total. The monoisotopic (exact) mass is 424 g/mol. The molecule has 2 aliphatic carbocycles. The van der Waals surface area contributed by atoms with Gasteiger partial charge in [-0.15, -0.1) is 0 Å². The molecule has 0 aromatic heterocycles. The highest BCUT2D eigenvalue weighted by molar-refractivity contribution is 6.01. The van der Waals surface area contributed by atoms with Crippen LogP contribution in [0.5, 0.6) is 0 Å². The van der Waals surface area contributed by atoms with Gasteiger partial charge in [0.05, 0.1) is 12.7 Å². The smallest absolute Gasteiger partial charge is 0.198 e. The molecule has 8 nitrogen and oxygen atoms in total. The molecule has 1 aliphatic heterocycles. The van der Waals surface area contributed by atoms with Crippen molar-refractivity contribution in [2.75, 3.05) is 6.61 Å². The third-order valence-electron chi connectivity index (χ3n) is 6.28. The fraction of sp³-hybridized carbons (Fsp3) is 0.727. The van der Waals surface area contributed by atoms with Gasteiger partial charge in [0.25, 0.3) is 0 Å². The van der Waals surface area contributed by atoms with Crippen LogP contribution in [0.25, 0.3) is 0 Å². The minimum absolute atomic E-state index is 0.0366. The first kappa shape index (κ1) is 23.1. The van der Waals surface area contributed by atoms with Crippen LogP contribution in [0.15, 0.2) is 22.7 Å². The molecule has 30 heavy (non-hydrogen) atoms. The number of hydrogen-bond acceptors (Lipinski definition) is 8. The minimum Gasteiger partial charge on any atom is -0.450 e. The summed E-state index contributed by atoms with van der Waals surface area (Å²) in [5.74, 6) is -1.38. The number of hydrogen-bond donors (Lipinski definition) is 5. The Balaban J connectivity index is 2.10. The van der Waals surface area contributed by atoms with Gasteiger partial charge in [-0.1, -0.05) is 27.7 Å². The molecule has 0 aromatic rings. The summed E-state index contributed by atoms with van der Waals surface area (Å²) in [6.45, 7) is 6.87. The highest BCUT2D eigenvalue weighted by Gasteiger charge is 2.50. The van der Waals surface area contributed by atoms with Crippen molar-refractivity contribution in [3.63, 3.8) is 0 Å². The van der Waals surface area contributed by atoms with E-state index in [4.69, 9.17) is 9.84 Å². The summed E-state index contributed by atoms with van der Waals surface area (Å²) >= 11 is 0. The van der Waals surface area contributed by atoms with Gasteiger partial charge < -0.3 is 30.3 Å². The number of ether oxygens (including phenoxy) is 1. The zero-order valence-electron chi connectivity index (χ0n) is 17.9. The topological polar surface area (TPSA) is 145 Å². The van der Waals surface area contributed by atoms with Gasteiger partial charge in [-0.05, 0) is 34.8 Å². The zero-order valence-corrected chi connectivity index (χ0v) is 17.9. The number of aliphatic hydroxyl groups is 5. The van der Waals surface area contributed by atoms with Crippen molar-refractivity contribution < 1.29 is 39.9 Å². The molecule has 0 spiro atoms. The average Bonchev–Trinajstić information content (AvgIpc) is 2.62. The minimum atomic E-state index is -1.81. The quantitative estimate of drug-likeness (QED) is 0.425. The molecule has 0 amide bonds. The fourth-order valence-electron chi connectivity index (χ4n) is 4.91. The normalized spacial score (nSPS) is 27.8. The molecular formula is C22H32O8. The van der Waals surface area contributed by atoms with E-state index in [1.165, 1.54) is 0 Å². The largest absolute Gasteiger partial charge is 0.450 e. The molecule has 8 heteroatoms. The van der Waals surface area contributed by atoms with Crippen LogP contribution in [0.3, 0.4) is 0 Å². The maximum atomic E-state index is 12.8. The summed E-state index contributed by atoms with van der Waals surface area (Å²) in [6.07, 6.45) is -5.59. The summed E-state index contributed by atoms with van der Waals surface area (Å²) < 4.78 is 5.81. The predicted molar refractivity (Wildman–Crippen MR) is 106 cm³/mol. The summed E-state index contributed by atoms with van der Waals surface area (Å²) in [5, 5.41) is 50.7. The van der Waals surface area contributed by atoms with Gasteiger partial charge in [0.15, 0.2) is 23.1 Å². The second-order valence-electron chi connectivity index (χ2n) is 10.4. The highest BCUT2D eigenvalue weighted by atomic mass is 16.5. The molecule has 0 radical (unpaired) electrons. The number of carbonyl (C=O) groups excluding carboxylic acids is 2. The lowest BCUT2D eigenvalue weighted by Gasteiger charge is -2.45. The van der Waals surface area contributed by atoms with E-state index in [2.05, 4.69) is 0 Å². The van der Waals surface area contributed by atoms with Crippen LogP contribution < -0.4 is 0 Å². The average molecular weight is 424 g/mol. The Morgan fingerprint density at radius 3 is 1.67 bits per heavy atom. The third-order valence-corrected chi connectivity index (χ3v) is 6.28. The lowest BCUT2D eigenvalue weighted by Crippen LogP contribution is -2.51. The number of allylic oxidation sites excluding steroid dienone is 2. The molecule has 0 saturated carbocycles. The maximum Gasteiger partial charge on any atom is 0.198 e. The number of aliphatic hydroxyl groups excluding tert-OH is 5. The molecule has 3 aliphatic rings. The van der Waals surface area contributed by atoms with Crippen molar-refractivity contribution in [1.82, 2.24) is 0 Å². The Kier molecular flexibility index (Phi) is 6.03. The van der Waals surface area contributed by atoms with E-state index < -0.39 is 47.8 Å². The van der Waals surface area contributed by atoms with E-state index >= 15 is 0 Å². The summed E-state index contributed by atoms with van der Waals surface area (Å²) in [7, 11) is 0. The molecule has 0 unspecified atom stereocenters. The van der Waals surface area contributed by atoms with Crippen molar-refractivity contribution in [2.45, 2.75) is 77.8 Å². The van der Waals surface area contributed by atoms with Crippen LogP contribution in [-0.2, 0) is 14.3 Å². The lowest BCUT2D eigenvalue weighted by atomic mass is 9.64. The second-order valence-corrected chi connectivity index (χ2v) is 10.4. The first-order valence-corrected chi connectivity index (χ1v) is 10.3. The lowest BCUT2D eigenvalue weighted by molar-refractivity contribution is -0.130. The number of carbonyl (C=O) groups is 2. The van der Waals surface area contributed by atoms with Crippen LogP contribution in [0.1, 0.15) is 53.4 Å². The Morgan fingerprint density at radius 2 is 1.27 bits per heavy atom. The van der Waals surface area contributed by atoms with Crippen molar-refractivity contribution >= 4 is 11.6 Å². The van der Waals surface area contributed by atoms with E-state index in [9.17, 15) is 30.0 Å². The first-order valence-electron chi connectivity index (χ1n) is 10.3.